The molecule has 0 aliphatic heterocycles. The summed E-state index contributed by atoms with van der Waals surface area (Å²) in [6.07, 6.45) is 0.762. The summed E-state index contributed by atoms with van der Waals surface area (Å²) in [6, 6.07) is 3.43. The van der Waals surface area contributed by atoms with E-state index in [9.17, 15) is 4.79 Å². The molecular weight excluding hydrogens is 196 g/mol. The van der Waals surface area contributed by atoms with E-state index in [2.05, 4.69) is 22.9 Å². The Morgan fingerprint density at radius 1 is 1.70 bits per heavy atom. The van der Waals surface area contributed by atoms with Gasteiger partial charge in [0.15, 0.2) is 0 Å². The van der Waals surface area contributed by atoms with Crippen LogP contribution in [0.15, 0.2) is 16.5 Å². The lowest BCUT2D eigenvalue weighted by Gasteiger charge is -1.93. The van der Waals surface area contributed by atoms with Crippen LogP contribution < -0.4 is 0 Å². The Morgan fingerprint density at radius 2 is 2.40 bits per heavy atom. The lowest BCUT2D eigenvalue weighted by molar-refractivity contribution is -0.107. The number of carbonyl (C=O) groups excluding carboxylic acids is 1. The maximum Gasteiger partial charge on any atom is 0.141 e. The van der Waals surface area contributed by atoms with E-state index in [0.29, 0.717) is 11.5 Å². The maximum absolute atomic E-state index is 10.2. The summed E-state index contributed by atoms with van der Waals surface area (Å²) >= 11 is 3.11. The minimum Gasteiger partial charge on any atom is -0.464 e. The minimum absolute atomic E-state index is 0.344. The predicted molar refractivity (Wildman–Crippen MR) is 40.9 cm³/mol. The van der Waals surface area contributed by atoms with Crippen molar-refractivity contribution < 1.29 is 9.21 Å². The molecule has 0 spiro atoms. The van der Waals surface area contributed by atoms with Gasteiger partial charge in [-0.1, -0.05) is 15.9 Å². The molecule has 1 rings (SSSR count). The summed E-state index contributed by atoms with van der Waals surface area (Å²) in [4.78, 5) is 9.84. The molecule has 1 aromatic rings. The number of alkyl halides is 1. The molecule has 0 bridgehead atoms. The largest absolute Gasteiger partial charge is 0.464 e. The fourth-order valence-corrected chi connectivity index (χ4v) is 0.856. The Morgan fingerprint density at radius 3 is 2.80 bits per heavy atom. The summed E-state index contributed by atoms with van der Waals surface area (Å²) in [5.41, 5.74) is 0. The normalized spacial score (nSPS) is 13.0. The monoisotopic (exact) mass is 201 g/mol. The van der Waals surface area contributed by atoms with Gasteiger partial charge < -0.3 is 9.21 Å². The Kier molecular flexibility index (Phi) is 2.27. The molecule has 1 aromatic heterocycles. The van der Waals surface area contributed by atoms with E-state index < -0.39 is 0 Å². The molecule has 1 radical (unpaired) electrons. The standard InChI is InChI=1S/C7H6BrO2/c1-5-2-3-7(10-5)6(8)4-9/h2-4,6H,1H2. The van der Waals surface area contributed by atoms with Crippen molar-refractivity contribution in [3.05, 3.63) is 30.6 Å². The van der Waals surface area contributed by atoms with E-state index in [1.807, 2.05) is 0 Å². The van der Waals surface area contributed by atoms with Crippen molar-refractivity contribution in [2.75, 3.05) is 0 Å². The van der Waals surface area contributed by atoms with Gasteiger partial charge in [-0.05, 0) is 12.1 Å². The van der Waals surface area contributed by atoms with Crippen LogP contribution in [0.1, 0.15) is 16.3 Å². The van der Waals surface area contributed by atoms with E-state index in [-0.39, 0.29) is 4.83 Å². The highest BCUT2D eigenvalue weighted by Gasteiger charge is 2.08. The fraction of sp³-hybridized carbons (Fsp3) is 0.143. The Balaban J connectivity index is 2.84. The molecule has 10 heavy (non-hydrogen) atoms. The average molecular weight is 202 g/mol. The van der Waals surface area contributed by atoms with Crippen LogP contribution in [0, 0.1) is 6.92 Å². The number of hydrogen-bond donors (Lipinski definition) is 0. The second-order valence-electron chi connectivity index (χ2n) is 1.84. The van der Waals surface area contributed by atoms with Crippen LogP contribution in [0.3, 0.4) is 0 Å². The zero-order valence-corrected chi connectivity index (χ0v) is 6.80. The molecule has 3 heteroatoms. The number of furan rings is 1. The van der Waals surface area contributed by atoms with Crippen LogP contribution in [0.2, 0.25) is 0 Å². The molecule has 0 N–H and O–H groups in total. The molecule has 2 nitrogen and oxygen atoms in total. The topological polar surface area (TPSA) is 30.2 Å². The molecule has 0 fully saturated rings. The van der Waals surface area contributed by atoms with E-state index in [1.54, 1.807) is 12.1 Å². The zero-order valence-electron chi connectivity index (χ0n) is 5.21. The van der Waals surface area contributed by atoms with E-state index in [4.69, 9.17) is 4.42 Å². The van der Waals surface area contributed by atoms with Crippen LogP contribution in [-0.4, -0.2) is 6.29 Å². The quantitative estimate of drug-likeness (QED) is 0.542. The van der Waals surface area contributed by atoms with Gasteiger partial charge in [0, 0.05) is 6.92 Å². The van der Waals surface area contributed by atoms with Gasteiger partial charge in [-0.15, -0.1) is 0 Å². The number of aldehydes is 1. The third-order valence-corrected chi connectivity index (χ3v) is 1.74. The molecule has 0 aliphatic rings. The van der Waals surface area contributed by atoms with E-state index in [0.717, 1.165) is 6.29 Å². The van der Waals surface area contributed by atoms with Crippen molar-refractivity contribution >= 4 is 22.2 Å². The molecular formula is C7H6BrO2. The predicted octanol–water partition coefficient (Wildman–Crippen LogP) is 2.10. The molecule has 0 amide bonds. The van der Waals surface area contributed by atoms with Gasteiger partial charge in [0.1, 0.15) is 22.6 Å². The Labute approximate surface area is 67.3 Å². The zero-order chi connectivity index (χ0) is 7.56. The number of rotatable bonds is 2. The summed E-state index contributed by atoms with van der Waals surface area (Å²) in [7, 11) is 0. The number of hydrogen-bond acceptors (Lipinski definition) is 2. The van der Waals surface area contributed by atoms with Crippen LogP contribution in [0.5, 0.6) is 0 Å². The van der Waals surface area contributed by atoms with E-state index in [1.165, 1.54) is 0 Å². The van der Waals surface area contributed by atoms with Crippen molar-refractivity contribution in [1.29, 1.82) is 0 Å². The summed E-state index contributed by atoms with van der Waals surface area (Å²) in [6.45, 7) is 3.55. The summed E-state index contributed by atoms with van der Waals surface area (Å²) in [5.74, 6) is 1.17. The lowest BCUT2D eigenvalue weighted by atomic mass is 10.3. The molecule has 0 saturated heterocycles. The van der Waals surface area contributed by atoms with Crippen molar-refractivity contribution in [2.24, 2.45) is 0 Å². The first-order valence-electron chi connectivity index (χ1n) is 2.75. The maximum atomic E-state index is 10.2. The van der Waals surface area contributed by atoms with Crippen LogP contribution in [-0.2, 0) is 4.79 Å². The first kappa shape index (κ1) is 7.54. The molecule has 0 aliphatic carbocycles. The SMILES string of the molecule is [CH2]c1ccc(C(Br)C=O)o1. The Bertz CT molecular complexity index is 229. The molecule has 0 aromatic carbocycles. The smallest absolute Gasteiger partial charge is 0.141 e. The second kappa shape index (κ2) is 3.01. The number of halogens is 1. The van der Waals surface area contributed by atoms with E-state index >= 15 is 0 Å². The molecule has 1 atom stereocenters. The molecule has 53 valence electrons. The lowest BCUT2D eigenvalue weighted by Crippen LogP contribution is -1.85. The van der Waals surface area contributed by atoms with Crippen LogP contribution in [0.4, 0.5) is 0 Å². The average Bonchev–Trinajstić information content (AvgIpc) is 2.34. The summed E-state index contributed by atoms with van der Waals surface area (Å²) in [5, 5.41) is 0. The van der Waals surface area contributed by atoms with Gasteiger partial charge in [-0.2, -0.15) is 0 Å². The highest BCUT2D eigenvalue weighted by atomic mass is 79.9. The van der Waals surface area contributed by atoms with Crippen molar-refractivity contribution in [3.63, 3.8) is 0 Å². The van der Waals surface area contributed by atoms with Gasteiger partial charge in [-0.25, -0.2) is 0 Å². The van der Waals surface area contributed by atoms with Crippen molar-refractivity contribution in [2.45, 2.75) is 4.83 Å². The number of carbonyl (C=O) groups is 1. The first-order valence-corrected chi connectivity index (χ1v) is 3.66. The third kappa shape index (κ3) is 1.48. The third-order valence-electron chi connectivity index (χ3n) is 1.07. The molecule has 1 unspecified atom stereocenters. The molecule has 0 saturated carbocycles. The van der Waals surface area contributed by atoms with Gasteiger partial charge in [0.05, 0.1) is 0 Å². The van der Waals surface area contributed by atoms with Gasteiger partial charge in [0.2, 0.25) is 0 Å². The highest BCUT2D eigenvalue weighted by Crippen LogP contribution is 2.21. The minimum atomic E-state index is -0.344. The van der Waals surface area contributed by atoms with Crippen LogP contribution >= 0.6 is 15.9 Å². The van der Waals surface area contributed by atoms with Gasteiger partial charge in [0.25, 0.3) is 0 Å². The molecule has 1 heterocycles. The highest BCUT2D eigenvalue weighted by molar-refractivity contribution is 9.09. The second-order valence-corrected chi connectivity index (χ2v) is 2.83. The fourth-order valence-electron chi connectivity index (χ4n) is 0.610. The van der Waals surface area contributed by atoms with Crippen molar-refractivity contribution in [1.82, 2.24) is 0 Å². The Hall–Kier alpha value is -0.570. The van der Waals surface area contributed by atoms with Crippen LogP contribution in [0.25, 0.3) is 0 Å². The first-order chi connectivity index (χ1) is 4.74. The van der Waals surface area contributed by atoms with Crippen molar-refractivity contribution in [3.8, 4) is 0 Å². The van der Waals surface area contributed by atoms with Gasteiger partial charge in [-0.3, -0.25) is 0 Å². The summed E-state index contributed by atoms with van der Waals surface area (Å²) < 4.78 is 5.05. The van der Waals surface area contributed by atoms with Gasteiger partial charge >= 0.3 is 0 Å².